The first-order valence-corrected chi connectivity index (χ1v) is 9.50. The van der Waals surface area contributed by atoms with Gasteiger partial charge in [-0.3, -0.25) is 4.79 Å². The van der Waals surface area contributed by atoms with Gasteiger partial charge in [0.25, 0.3) is 0 Å². The van der Waals surface area contributed by atoms with Crippen LogP contribution in [0.5, 0.6) is 5.75 Å². The fourth-order valence-electron chi connectivity index (χ4n) is 3.06. The van der Waals surface area contributed by atoms with Gasteiger partial charge in [-0.1, -0.05) is 23.7 Å². The summed E-state index contributed by atoms with van der Waals surface area (Å²) in [7, 11) is 0. The molecule has 0 saturated heterocycles. The van der Waals surface area contributed by atoms with Gasteiger partial charge in [-0.25, -0.2) is 4.98 Å². The summed E-state index contributed by atoms with van der Waals surface area (Å²) in [5, 5.41) is 3.66. The number of imidazole rings is 1. The molecule has 0 spiro atoms. The highest BCUT2D eigenvalue weighted by molar-refractivity contribution is 6.30. The molecule has 0 aliphatic rings. The van der Waals surface area contributed by atoms with Crippen LogP contribution in [-0.2, 0) is 11.3 Å². The van der Waals surface area contributed by atoms with Gasteiger partial charge in [-0.05, 0) is 56.2 Å². The second kappa shape index (κ2) is 8.91. The fraction of sp³-hybridized carbons (Fsp3) is 0.333. The Kier molecular flexibility index (Phi) is 6.35. The molecule has 0 aliphatic carbocycles. The van der Waals surface area contributed by atoms with Gasteiger partial charge in [0.2, 0.25) is 5.91 Å². The SMILES string of the molecule is Cc1cc(Cl)ccc1OCCCC(=O)NCCn1c(C)nc2ccccc21. The molecule has 27 heavy (non-hydrogen) atoms. The van der Waals surface area contributed by atoms with Crippen molar-refractivity contribution in [3.63, 3.8) is 0 Å². The van der Waals surface area contributed by atoms with E-state index in [1.807, 2.05) is 50.2 Å². The summed E-state index contributed by atoms with van der Waals surface area (Å²) in [5.41, 5.74) is 3.07. The minimum Gasteiger partial charge on any atom is -0.493 e. The normalized spacial score (nSPS) is 10.9. The molecule has 1 N–H and O–H groups in total. The van der Waals surface area contributed by atoms with Crippen LogP contribution >= 0.6 is 11.6 Å². The fourth-order valence-corrected chi connectivity index (χ4v) is 3.29. The Morgan fingerprint density at radius 3 is 2.85 bits per heavy atom. The molecule has 3 aromatic rings. The summed E-state index contributed by atoms with van der Waals surface area (Å²) in [6.07, 6.45) is 1.11. The second-order valence-electron chi connectivity index (χ2n) is 6.51. The lowest BCUT2D eigenvalue weighted by atomic mass is 10.2. The zero-order valence-corrected chi connectivity index (χ0v) is 16.4. The predicted octanol–water partition coefficient (Wildman–Crippen LogP) is 4.28. The maximum Gasteiger partial charge on any atom is 0.220 e. The summed E-state index contributed by atoms with van der Waals surface area (Å²) < 4.78 is 7.85. The summed E-state index contributed by atoms with van der Waals surface area (Å²) >= 11 is 5.93. The number of benzene rings is 2. The van der Waals surface area contributed by atoms with Gasteiger partial charge in [0.15, 0.2) is 0 Å². The Morgan fingerprint density at radius 2 is 2.04 bits per heavy atom. The highest BCUT2D eigenvalue weighted by Gasteiger charge is 2.07. The molecule has 5 nitrogen and oxygen atoms in total. The van der Waals surface area contributed by atoms with Gasteiger partial charge >= 0.3 is 0 Å². The van der Waals surface area contributed by atoms with Crippen LogP contribution in [0.2, 0.25) is 5.02 Å². The van der Waals surface area contributed by atoms with E-state index >= 15 is 0 Å². The molecule has 0 saturated carbocycles. The van der Waals surface area contributed by atoms with Crippen molar-refractivity contribution in [1.29, 1.82) is 0 Å². The van der Waals surface area contributed by atoms with E-state index in [9.17, 15) is 4.79 Å². The molecule has 3 rings (SSSR count). The number of amides is 1. The van der Waals surface area contributed by atoms with E-state index in [0.29, 0.717) is 37.6 Å². The first-order chi connectivity index (χ1) is 13.0. The molecule has 0 atom stereocenters. The lowest BCUT2D eigenvalue weighted by Gasteiger charge is -2.10. The number of nitrogens with one attached hydrogen (secondary N) is 1. The Morgan fingerprint density at radius 1 is 1.22 bits per heavy atom. The monoisotopic (exact) mass is 385 g/mol. The molecule has 6 heteroatoms. The smallest absolute Gasteiger partial charge is 0.220 e. The molecule has 0 radical (unpaired) electrons. The first-order valence-electron chi connectivity index (χ1n) is 9.12. The molecule has 0 bridgehead atoms. The maximum atomic E-state index is 12.0. The lowest BCUT2D eigenvalue weighted by Crippen LogP contribution is -2.27. The van der Waals surface area contributed by atoms with Crippen LogP contribution in [0.15, 0.2) is 42.5 Å². The lowest BCUT2D eigenvalue weighted by molar-refractivity contribution is -0.121. The summed E-state index contributed by atoms with van der Waals surface area (Å²) in [6, 6.07) is 13.6. The van der Waals surface area contributed by atoms with E-state index in [0.717, 1.165) is 28.2 Å². The second-order valence-corrected chi connectivity index (χ2v) is 6.95. The summed E-state index contributed by atoms with van der Waals surface area (Å²) in [5.74, 6) is 1.80. The van der Waals surface area contributed by atoms with E-state index < -0.39 is 0 Å². The topological polar surface area (TPSA) is 56.1 Å². The maximum absolute atomic E-state index is 12.0. The molecule has 1 aromatic heterocycles. The number of hydrogen-bond acceptors (Lipinski definition) is 3. The van der Waals surface area contributed by atoms with E-state index in [1.54, 1.807) is 6.07 Å². The number of carbonyl (C=O) groups is 1. The van der Waals surface area contributed by atoms with Crippen LogP contribution in [-0.4, -0.2) is 28.6 Å². The number of halogens is 1. The largest absolute Gasteiger partial charge is 0.493 e. The van der Waals surface area contributed by atoms with Crippen molar-refractivity contribution in [3.05, 3.63) is 58.9 Å². The third kappa shape index (κ3) is 5.01. The van der Waals surface area contributed by atoms with Gasteiger partial charge in [-0.2, -0.15) is 0 Å². The van der Waals surface area contributed by atoms with Gasteiger partial charge in [0.05, 0.1) is 17.6 Å². The van der Waals surface area contributed by atoms with Crippen LogP contribution in [0, 0.1) is 13.8 Å². The summed E-state index contributed by atoms with van der Waals surface area (Å²) in [6.45, 7) is 5.73. The van der Waals surface area contributed by atoms with Crippen LogP contribution in [0.1, 0.15) is 24.2 Å². The highest BCUT2D eigenvalue weighted by Crippen LogP contribution is 2.22. The number of carbonyl (C=O) groups excluding carboxylic acids is 1. The molecule has 142 valence electrons. The zero-order chi connectivity index (χ0) is 19.2. The third-order valence-electron chi connectivity index (χ3n) is 4.45. The van der Waals surface area contributed by atoms with Gasteiger partial charge < -0.3 is 14.6 Å². The molecule has 2 aromatic carbocycles. The molecule has 0 unspecified atom stereocenters. The van der Waals surface area contributed by atoms with E-state index in [1.165, 1.54) is 0 Å². The number of fused-ring (bicyclic) bond motifs is 1. The van der Waals surface area contributed by atoms with Crippen LogP contribution < -0.4 is 10.1 Å². The van der Waals surface area contributed by atoms with Crippen molar-refractivity contribution in [2.45, 2.75) is 33.2 Å². The molecular formula is C21H24ClN3O2. The molecule has 1 amide bonds. The molecular weight excluding hydrogens is 362 g/mol. The van der Waals surface area contributed by atoms with Crippen molar-refractivity contribution in [2.75, 3.05) is 13.2 Å². The van der Waals surface area contributed by atoms with Crippen LogP contribution in [0.25, 0.3) is 11.0 Å². The van der Waals surface area contributed by atoms with Crippen LogP contribution in [0.4, 0.5) is 0 Å². The Labute approximate surface area is 164 Å². The van der Waals surface area contributed by atoms with E-state index in [4.69, 9.17) is 16.3 Å². The Balaban J connectivity index is 1.39. The molecule has 0 aliphatic heterocycles. The minimum atomic E-state index is 0.0356. The van der Waals surface area contributed by atoms with Crippen molar-refractivity contribution >= 4 is 28.5 Å². The first kappa shape index (κ1) is 19.2. The zero-order valence-electron chi connectivity index (χ0n) is 15.7. The number of rotatable bonds is 8. The Bertz CT molecular complexity index is 936. The van der Waals surface area contributed by atoms with Gasteiger partial charge in [0.1, 0.15) is 11.6 Å². The number of ether oxygens (including phenoxy) is 1. The van der Waals surface area contributed by atoms with Crippen molar-refractivity contribution in [1.82, 2.24) is 14.9 Å². The van der Waals surface area contributed by atoms with Crippen molar-refractivity contribution in [2.24, 2.45) is 0 Å². The number of para-hydroxylation sites is 2. The quantitative estimate of drug-likeness (QED) is 0.589. The summed E-state index contributed by atoms with van der Waals surface area (Å²) in [4.78, 5) is 16.6. The van der Waals surface area contributed by atoms with Crippen molar-refractivity contribution in [3.8, 4) is 5.75 Å². The molecule has 0 fully saturated rings. The predicted molar refractivity (Wildman–Crippen MR) is 108 cm³/mol. The average molecular weight is 386 g/mol. The van der Waals surface area contributed by atoms with E-state index in [2.05, 4.69) is 14.9 Å². The van der Waals surface area contributed by atoms with Crippen LogP contribution in [0.3, 0.4) is 0 Å². The molecule has 1 heterocycles. The van der Waals surface area contributed by atoms with E-state index in [-0.39, 0.29) is 5.91 Å². The number of aryl methyl sites for hydroxylation is 2. The van der Waals surface area contributed by atoms with Crippen molar-refractivity contribution < 1.29 is 9.53 Å². The number of hydrogen-bond donors (Lipinski definition) is 1. The van der Waals surface area contributed by atoms with Gasteiger partial charge in [-0.15, -0.1) is 0 Å². The van der Waals surface area contributed by atoms with Gasteiger partial charge in [0, 0.05) is 24.5 Å². The number of aromatic nitrogens is 2. The Hall–Kier alpha value is -2.53. The number of nitrogens with zero attached hydrogens (tertiary/aromatic N) is 2. The standard InChI is InChI=1S/C21H24ClN3O2/c1-15-14-17(22)9-10-20(15)27-13-5-8-21(26)23-11-12-25-16(2)24-18-6-3-4-7-19(18)25/h3-4,6-7,9-10,14H,5,8,11-13H2,1-2H3,(H,23,26). The minimum absolute atomic E-state index is 0.0356. The highest BCUT2D eigenvalue weighted by atomic mass is 35.5. The third-order valence-corrected chi connectivity index (χ3v) is 4.68. The average Bonchev–Trinajstić information content (AvgIpc) is 2.96.